The third-order valence-corrected chi connectivity index (χ3v) is 3.98. The number of aliphatic hydroxyl groups excluding tert-OH is 1. The average molecular weight is 391 g/mol. The molecule has 2 rings (SSSR count). The zero-order valence-corrected chi connectivity index (χ0v) is 14.5. The molecule has 0 radical (unpaired) electrons. The van der Waals surface area contributed by atoms with E-state index < -0.39 is 0 Å². The lowest BCUT2D eigenvalue weighted by Crippen LogP contribution is -3.00. The van der Waals surface area contributed by atoms with Crippen molar-refractivity contribution in [2.75, 3.05) is 33.3 Å². The number of hydrogen-bond donors (Lipinski definition) is 1. The van der Waals surface area contributed by atoms with Crippen LogP contribution < -0.4 is 28.7 Å². The van der Waals surface area contributed by atoms with Crippen LogP contribution in [0.25, 0.3) is 0 Å². The van der Waals surface area contributed by atoms with Crippen LogP contribution in [0.3, 0.4) is 0 Å². The summed E-state index contributed by atoms with van der Waals surface area (Å²) >= 11 is 0. The van der Waals surface area contributed by atoms with Crippen molar-refractivity contribution in [1.82, 2.24) is 0 Å². The fraction of sp³-hybridized carbons (Fsp3) is 0.625. The largest absolute Gasteiger partial charge is 1.00 e. The van der Waals surface area contributed by atoms with Crippen molar-refractivity contribution in [1.29, 1.82) is 0 Å². The SMILES string of the molecule is C[N+]1(CC(O)COc2ccccc2)CCCCCC1.[I-]. The van der Waals surface area contributed by atoms with Crippen LogP contribution in [-0.2, 0) is 0 Å². The molecule has 1 aromatic carbocycles. The van der Waals surface area contributed by atoms with E-state index in [0.29, 0.717) is 6.61 Å². The van der Waals surface area contributed by atoms with Crippen LogP contribution in [0, 0.1) is 0 Å². The zero-order chi connectivity index (χ0) is 13.6. The summed E-state index contributed by atoms with van der Waals surface area (Å²) in [4.78, 5) is 0. The first-order valence-corrected chi connectivity index (χ1v) is 7.37. The highest BCUT2D eigenvalue weighted by Gasteiger charge is 2.26. The van der Waals surface area contributed by atoms with Crippen LogP contribution in [0.2, 0.25) is 0 Å². The van der Waals surface area contributed by atoms with E-state index >= 15 is 0 Å². The minimum Gasteiger partial charge on any atom is -1.00 e. The summed E-state index contributed by atoms with van der Waals surface area (Å²) in [5, 5.41) is 10.2. The number of aliphatic hydroxyl groups is 1. The summed E-state index contributed by atoms with van der Waals surface area (Å²) < 4.78 is 6.61. The van der Waals surface area contributed by atoms with Gasteiger partial charge in [0, 0.05) is 0 Å². The van der Waals surface area contributed by atoms with Crippen molar-refractivity contribution in [3.05, 3.63) is 30.3 Å². The smallest absolute Gasteiger partial charge is 0.137 e. The molecule has 3 nitrogen and oxygen atoms in total. The number of quaternary nitrogens is 1. The van der Waals surface area contributed by atoms with E-state index in [9.17, 15) is 5.11 Å². The molecule has 0 bridgehead atoms. The van der Waals surface area contributed by atoms with Gasteiger partial charge in [-0.3, -0.25) is 0 Å². The van der Waals surface area contributed by atoms with E-state index in [-0.39, 0.29) is 30.1 Å². The van der Waals surface area contributed by atoms with Gasteiger partial charge < -0.3 is 38.3 Å². The van der Waals surface area contributed by atoms with E-state index in [2.05, 4.69) is 7.05 Å². The maximum Gasteiger partial charge on any atom is 0.137 e. The fourth-order valence-corrected chi connectivity index (χ4v) is 2.91. The molecule has 0 aromatic heterocycles. The quantitative estimate of drug-likeness (QED) is 0.540. The van der Waals surface area contributed by atoms with Crippen LogP contribution in [-0.4, -0.2) is 49.0 Å². The van der Waals surface area contributed by atoms with Crippen molar-refractivity contribution in [2.24, 2.45) is 0 Å². The molecule has 1 saturated heterocycles. The van der Waals surface area contributed by atoms with Gasteiger partial charge in [-0.05, 0) is 37.8 Å². The second kappa shape index (κ2) is 8.85. The Morgan fingerprint density at radius 1 is 1.10 bits per heavy atom. The second-order valence-electron chi connectivity index (χ2n) is 5.94. The highest BCUT2D eigenvalue weighted by atomic mass is 127. The molecule has 1 atom stereocenters. The third kappa shape index (κ3) is 5.97. The molecule has 1 N–H and O–H groups in total. The first-order valence-electron chi connectivity index (χ1n) is 7.37. The summed E-state index contributed by atoms with van der Waals surface area (Å²) in [5.41, 5.74) is 0. The number of para-hydroxylation sites is 1. The summed E-state index contributed by atoms with van der Waals surface area (Å²) in [6, 6.07) is 9.71. The van der Waals surface area contributed by atoms with Gasteiger partial charge in [0.15, 0.2) is 0 Å². The highest BCUT2D eigenvalue weighted by molar-refractivity contribution is 5.20. The molecule has 1 fully saturated rings. The Morgan fingerprint density at radius 2 is 1.70 bits per heavy atom. The molecular formula is C16H26INO2. The van der Waals surface area contributed by atoms with Crippen molar-refractivity contribution in [3.63, 3.8) is 0 Å². The molecule has 1 aliphatic heterocycles. The van der Waals surface area contributed by atoms with Crippen LogP contribution in [0.15, 0.2) is 30.3 Å². The minimum absolute atomic E-state index is 0. The van der Waals surface area contributed by atoms with Crippen molar-refractivity contribution in [3.8, 4) is 5.75 Å². The van der Waals surface area contributed by atoms with Crippen LogP contribution in [0.4, 0.5) is 0 Å². The summed E-state index contributed by atoms with van der Waals surface area (Å²) in [6.45, 7) is 3.55. The summed E-state index contributed by atoms with van der Waals surface area (Å²) in [6.07, 6.45) is 4.85. The van der Waals surface area contributed by atoms with Gasteiger partial charge in [-0.1, -0.05) is 18.2 Å². The molecule has 0 aliphatic carbocycles. The number of halogens is 1. The molecule has 4 heteroatoms. The van der Waals surface area contributed by atoms with E-state index in [4.69, 9.17) is 4.74 Å². The molecule has 20 heavy (non-hydrogen) atoms. The Morgan fingerprint density at radius 3 is 2.30 bits per heavy atom. The summed E-state index contributed by atoms with van der Waals surface area (Å²) in [7, 11) is 2.26. The lowest BCUT2D eigenvalue weighted by atomic mass is 10.2. The zero-order valence-electron chi connectivity index (χ0n) is 12.3. The molecule has 0 spiro atoms. The Bertz CT molecular complexity index is 364. The van der Waals surface area contributed by atoms with Crippen molar-refractivity contribution < 1.29 is 38.3 Å². The maximum atomic E-state index is 10.2. The van der Waals surface area contributed by atoms with Gasteiger partial charge in [-0.2, -0.15) is 0 Å². The molecule has 1 aliphatic rings. The van der Waals surface area contributed by atoms with E-state index in [1.807, 2.05) is 30.3 Å². The lowest BCUT2D eigenvalue weighted by Gasteiger charge is -2.35. The van der Waals surface area contributed by atoms with Crippen molar-refractivity contribution >= 4 is 0 Å². The predicted molar refractivity (Wildman–Crippen MR) is 77.2 cm³/mol. The first kappa shape index (κ1) is 17.7. The van der Waals surface area contributed by atoms with Gasteiger partial charge in [-0.15, -0.1) is 0 Å². The number of nitrogens with zero attached hydrogens (tertiary/aromatic N) is 1. The maximum absolute atomic E-state index is 10.2. The topological polar surface area (TPSA) is 29.5 Å². The van der Waals surface area contributed by atoms with Crippen molar-refractivity contribution in [2.45, 2.75) is 31.8 Å². The molecule has 1 heterocycles. The van der Waals surface area contributed by atoms with Gasteiger partial charge in [0.2, 0.25) is 0 Å². The predicted octanol–water partition coefficient (Wildman–Crippen LogP) is -0.549. The molecule has 0 saturated carbocycles. The summed E-state index contributed by atoms with van der Waals surface area (Å²) in [5.74, 6) is 0.833. The second-order valence-corrected chi connectivity index (χ2v) is 5.94. The Labute approximate surface area is 139 Å². The lowest BCUT2D eigenvalue weighted by molar-refractivity contribution is -0.911. The number of hydrogen-bond acceptors (Lipinski definition) is 2. The first-order chi connectivity index (χ1) is 9.18. The van der Waals surface area contributed by atoms with Crippen LogP contribution in [0.1, 0.15) is 25.7 Å². The minimum atomic E-state index is -0.386. The van der Waals surface area contributed by atoms with Gasteiger partial charge in [-0.25, -0.2) is 0 Å². The van der Waals surface area contributed by atoms with Crippen LogP contribution >= 0.6 is 0 Å². The van der Waals surface area contributed by atoms with Gasteiger partial charge in [0.25, 0.3) is 0 Å². The van der Waals surface area contributed by atoms with Gasteiger partial charge in [0.05, 0.1) is 20.1 Å². The molecule has 0 amide bonds. The number of likely N-dealkylation sites (N-methyl/N-ethyl adjacent to an activating group) is 1. The molecule has 1 aromatic rings. The Kier molecular flexibility index (Phi) is 7.84. The van der Waals surface area contributed by atoms with E-state index in [1.165, 1.54) is 38.8 Å². The van der Waals surface area contributed by atoms with E-state index in [0.717, 1.165) is 16.8 Å². The molecule has 114 valence electrons. The molecular weight excluding hydrogens is 365 g/mol. The molecule has 1 unspecified atom stereocenters. The number of benzene rings is 1. The van der Waals surface area contributed by atoms with E-state index in [1.54, 1.807) is 0 Å². The highest BCUT2D eigenvalue weighted by Crippen LogP contribution is 2.17. The Balaban J connectivity index is 0.00000200. The average Bonchev–Trinajstić information content (AvgIpc) is 2.62. The number of ether oxygens (including phenoxy) is 1. The number of rotatable bonds is 5. The normalized spacial score (nSPS) is 19.5. The number of likely N-dealkylation sites (tertiary alicyclic amines) is 1. The Hall–Kier alpha value is -0.330. The monoisotopic (exact) mass is 391 g/mol. The van der Waals surface area contributed by atoms with Gasteiger partial charge in [0.1, 0.15) is 25.0 Å². The standard InChI is InChI=1S/C16H26NO2.HI/c1-17(11-7-2-3-8-12-17)13-15(18)14-19-16-9-5-4-6-10-16;/h4-6,9-10,15,18H,2-3,7-8,11-14H2,1H3;1H/q+1;/p-1. The van der Waals surface area contributed by atoms with Crippen LogP contribution in [0.5, 0.6) is 5.75 Å². The fourth-order valence-electron chi connectivity index (χ4n) is 2.91. The third-order valence-electron chi connectivity index (χ3n) is 3.98. The van der Waals surface area contributed by atoms with Gasteiger partial charge >= 0.3 is 0 Å².